The second-order valence-corrected chi connectivity index (χ2v) is 4.82. The molecule has 21 heavy (non-hydrogen) atoms. The smallest absolute Gasteiger partial charge is 0.335 e. The number of aryl methyl sites for hydroxylation is 1. The van der Waals surface area contributed by atoms with Crippen molar-refractivity contribution in [3.63, 3.8) is 0 Å². The van der Waals surface area contributed by atoms with Crippen molar-refractivity contribution < 1.29 is 14.6 Å². The number of carboxylic acid groups (broad SMARTS) is 1. The molecule has 2 N–H and O–H groups in total. The fourth-order valence-electron chi connectivity index (χ4n) is 2.26. The van der Waals surface area contributed by atoms with E-state index in [2.05, 4.69) is 5.32 Å². The molecule has 110 valence electrons. The number of para-hydroxylation sites is 1. The van der Waals surface area contributed by atoms with Crippen LogP contribution in [0.1, 0.15) is 21.5 Å². The average Bonchev–Trinajstić information content (AvgIpc) is 2.47. The van der Waals surface area contributed by atoms with Crippen molar-refractivity contribution in [2.45, 2.75) is 13.3 Å². The van der Waals surface area contributed by atoms with E-state index in [-0.39, 0.29) is 0 Å². The Morgan fingerprint density at radius 3 is 2.67 bits per heavy atom. The zero-order valence-corrected chi connectivity index (χ0v) is 12.2. The van der Waals surface area contributed by atoms with Crippen molar-refractivity contribution in [1.82, 2.24) is 0 Å². The van der Waals surface area contributed by atoms with E-state index in [4.69, 9.17) is 9.84 Å². The van der Waals surface area contributed by atoms with Crippen molar-refractivity contribution in [1.29, 1.82) is 0 Å². The van der Waals surface area contributed by atoms with Crippen LogP contribution in [0.15, 0.2) is 42.5 Å². The summed E-state index contributed by atoms with van der Waals surface area (Å²) < 4.78 is 5.32. The topological polar surface area (TPSA) is 58.6 Å². The van der Waals surface area contributed by atoms with E-state index in [9.17, 15) is 4.79 Å². The van der Waals surface area contributed by atoms with Gasteiger partial charge in [-0.15, -0.1) is 0 Å². The standard InChI is InChI=1S/C17H19NO3/c1-12-11-14(7-8-15(12)17(19)20)18-10-9-13-5-3-4-6-16(13)21-2/h3-8,11,18H,9-10H2,1-2H3,(H,19,20). The number of methoxy groups -OCH3 is 1. The predicted octanol–water partition coefficient (Wildman–Crippen LogP) is 3.36. The molecule has 0 heterocycles. The molecule has 4 heteroatoms. The maximum absolute atomic E-state index is 11.0. The van der Waals surface area contributed by atoms with Crippen LogP contribution in [0.25, 0.3) is 0 Å². The van der Waals surface area contributed by atoms with Gasteiger partial charge in [0.15, 0.2) is 0 Å². The Morgan fingerprint density at radius 1 is 1.24 bits per heavy atom. The maximum atomic E-state index is 11.0. The van der Waals surface area contributed by atoms with Crippen LogP contribution in [0.3, 0.4) is 0 Å². The van der Waals surface area contributed by atoms with Crippen LogP contribution in [-0.4, -0.2) is 24.7 Å². The first-order valence-electron chi connectivity index (χ1n) is 6.81. The van der Waals surface area contributed by atoms with Crippen LogP contribution in [-0.2, 0) is 6.42 Å². The quantitative estimate of drug-likeness (QED) is 0.854. The molecule has 0 saturated carbocycles. The van der Waals surface area contributed by atoms with Crippen LogP contribution in [0, 0.1) is 6.92 Å². The van der Waals surface area contributed by atoms with Gasteiger partial charge in [-0.25, -0.2) is 4.79 Å². The van der Waals surface area contributed by atoms with E-state index >= 15 is 0 Å². The van der Waals surface area contributed by atoms with E-state index in [1.807, 2.05) is 30.3 Å². The Morgan fingerprint density at radius 2 is 2.00 bits per heavy atom. The second kappa shape index (κ2) is 6.79. The molecule has 0 saturated heterocycles. The van der Waals surface area contributed by atoms with Crippen molar-refractivity contribution in [2.24, 2.45) is 0 Å². The fourth-order valence-corrected chi connectivity index (χ4v) is 2.26. The third kappa shape index (κ3) is 3.75. The van der Waals surface area contributed by atoms with Gasteiger partial charge in [0.2, 0.25) is 0 Å². The summed E-state index contributed by atoms with van der Waals surface area (Å²) in [4.78, 5) is 11.0. The van der Waals surface area contributed by atoms with Gasteiger partial charge in [-0.05, 0) is 48.7 Å². The van der Waals surface area contributed by atoms with E-state index in [1.165, 1.54) is 0 Å². The molecule has 0 radical (unpaired) electrons. The van der Waals surface area contributed by atoms with Gasteiger partial charge < -0.3 is 15.2 Å². The number of aromatic carboxylic acids is 1. The molecule has 2 rings (SSSR count). The molecule has 0 aliphatic rings. The minimum absolute atomic E-state index is 0.338. The molecule has 0 aliphatic carbocycles. The van der Waals surface area contributed by atoms with E-state index in [0.29, 0.717) is 5.56 Å². The number of hydrogen-bond acceptors (Lipinski definition) is 3. The first-order valence-corrected chi connectivity index (χ1v) is 6.81. The van der Waals surface area contributed by atoms with E-state index in [1.54, 1.807) is 26.2 Å². The molecular formula is C17H19NO3. The number of carbonyl (C=O) groups is 1. The lowest BCUT2D eigenvalue weighted by Gasteiger charge is -2.11. The largest absolute Gasteiger partial charge is 0.496 e. The molecule has 4 nitrogen and oxygen atoms in total. The molecule has 0 spiro atoms. The van der Waals surface area contributed by atoms with Crippen molar-refractivity contribution in [3.8, 4) is 5.75 Å². The first-order chi connectivity index (χ1) is 10.1. The third-order valence-electron chi connectivity index (χ3n) is 3.37. The minimum Gasteiger partial charge on any atom is -0.496 e. The monoisotopic (exact) mass is 285 g/mol. The summed E-state index contributed by atoms with van der Waals surface area (Å²) in [6.45, 7) is 2.56. The number of rotatable bonds is 6. The average molecular weight is 285 g/mol. The number of ether oxygens (including phenoxy) is 1. The highest BCUT2D eigenvalue weighted by Crippen LogP contribution is 2.19. The summed E-state index contributed by atoms with van der Waals surface area (Å²) >= 11 is 0. The molecule has 0 atom stereocenters. The van der Waals surface area contributed by atoms with Gasteiger partial charge in [-0.1, -0.05) is 18.2 Å². The zero-order valence-electron chi connectivity index (χ0n) is 12.2. The van der Waals surface area contributed by atoms with Crippen LogP contribution in [0.2, 0.25) is 0 Å². The van der Waals surface area contributed by atoms with Gasteiger partial charge in [0.25, 0.3) is 0 Å². The highest BCUT2D eigenvalue weighted by atomic mass is 16.5. The number of nitrogens with one attached hydrogen (secondary N) is 1. The van der Waals surface area contributed by atoms with Gasteiger partial charge in [0, 0.05) is 12.2 Å². The van der Waals surface area contributed by atoms with E-state index < -0.39 is 5.97 Å². The van der Waals surface area contributed by atoms with Crippen LogP contribution < -0.4 is 10.1 Å². The molecule has 0 amide bonds. The summed E-state index contributed by atoms with van der Waals surface area (Å²) in [5, 5.41) is 12.3. The molecule has 0 unspecified atom stereocenters. The lowest BCUT2D eigenvalue weighted by Crippen LogP contribution is -2.07. The highest BCUT2D eigenvalue weighted by Gasteiger charge is 2.07. The van der Waals surface area contributed by atoms with Crippen molar-refractivity contribution in [2.75, 3.05) is 19.0 Å². The molecule has 0 bridgehead atoms. The van der Waals surface area contributed by atoms with Crippen molar-refractivity contribution >= 4 is 11.7 Å². The molecule has 0 aliphatic heterocycles. The molecule has 0 fully saturated rings. The second-order valence-electron chi connectivity index (χ2n) is 4.82. The first kappa shape index (κ1) is 14.9. The van der Waals surface area contributed by atoms with Crippen LogP contribution >= 0.6 is 0 Å². The Bertz CT molecular complexity index is 638. The highest BCUT2D eigenvalue weighted by molar-refractivity contribution is 5.89. The molecule has 2 aromatic carbocycles. The SMILES string of the molecule is COc1ccccc1CCNc1ccc(C(=O)O)c(C)c1. The zero-order chi connectivity index (χ0) is 15.2. The number of anilines is 1. The Balaban J connectivity index is 1.97. The number of hydrogen-bond donors (Lipinski definition) is 2. The van der Waals surface area contributed by atoms with Gasteiger partial charge in [0.05, 0.1) is 12.7 Å². The van der Waals surface area contributed by atoms with Crippen molar-refractivity contribution in [3.05, 3.63) is 59.2 Å². The summed E-state index contributed by atoms with van der Waals surface area (Å²) in [7, 11) is 1.67. The Hall–Kier alpha value is -2.49. The van der Waals surface area contributed by atoms with Gasteiger partial charge in [-0.3, -0.25) is 0 Å². The molecule has 2 aromatic rings. The summed E-state index contributed by atoms with van der Waals surface area (Å²) in [6, 6.07) is 13.2. The lowest BCUT2D eigenvalue weighted by molar-refractivity contribution is 0.0696. The third-order valence-corrected chi connectivity index (χ3v) is 3.37. The minimum atomic E-state index is -0.895. The van der Waals surface area contributed by atoms with Crippen LogP contribution in [0.4, 0.5) is 5.69 Å². The normalized spacial score (nSPS) is 10.2. The lowest BCUT2D eigenvalue weighted by atomic mass is 10.1. The predicted molar refractivity (Wildman–Crippen MR) is 83.3 cm³/mol. The molecular weight excluding hydrogens is 266 g/mol. The Kier molecular flexibility index (Phi) is 4.82. The van der Waals surface area contributed by atoms with Gasteiger partial charge >= 0.3 is 5.97 Å². The summed E-state index contributed by atoms with van der Waals surface area (Å²) in [6.07, 6.45) is 0.837. The number of carboxylic acids is 1. The van der Waals surface area contributed by atoms with E-state index in [0.717, 1.165) is 35.5 Å². The van der Waals surface area contributed by atoms with Crippen LogP contribution in [0.5, 0.6) is 5.75 Å². The maximum Gasteiger partial charge on any atom is 0.335 e. The van der Waals surface area contributed by atoms with Gasteiger partial charge in [0.1, 0.15) is 5.75 Å². The number of benzene rings is 2. The fraction of sp³-hybridized carbons (Fsp3) is 0.235. The summed E-state index contributed by atoms with van der Waals surface area (Å²) in [5.41, 5.74) is 3.16. The summed E-state index contributed by atoms with van der Waals surface area (Å²) in [5.74, 6) is -0.00947. The molecule has 0 aromatic heterocycles. The Labute approximate surface area is 124 Å². The van der Waals surface area contributed by atoms with Gasteiger partial charge in [-0.2, -0.15) is 0 Å².